The van der Waals surface area contributed by atoms with Gasteiger partial charge in [-0.2, -0.15) is 0 Å². The first-order valence-corrected chi connectivity index (χ1v) is 7.27. The maximum absolute atomic E-state index is 11.6. The summed E-state index contributed by atoms with van der Waals surface area (Å²) < 4.78 is 5.42. The predicted molar refractivity (Wildman–Crippen MR) is 73.5 cm³/mol. The Morgan fingerprint density at radius 3 is 2.78 bits per heavy atom. The Kier molecular flexibility index (Phi) is 8.01. The van der Waals surface area contributed by atoms with Gasteiger partial charge in [0.05, 0.1) is 6.10 Å². The summed E-state index contributed by atoms with van der Waals surface area (Å²) in [6.45, 7) is 7.73. The molecule has 0 atom stereocenters. The van der Waals surface area contributed by atoms with E-state index in [-0.39, 0.29) is 12.0 Å². The molecule has 0 aliphatic carbocycles. The molecule has 4 nitrogen and oxygen atoms in total. The SMILES string of the molecule is CC(C)OCCCNC(=O)CCC1CCNCC1. The van der Waals surface area contributed by atoms with Crippen molar-refractivity contribution in [3.05, 3.63) is 0 Å². The van der Waals surface area contributed by atoms with Crippen LogP contribution in [0.4, 0.5) is 0 Å². The summed E-state index contributed by atoms with van der Waals surface area (Å²) >= 11 is 0. The van der Waals surface area contributed by atoms with E-state index < -0.39 is 0 Å². The van der Waals surface area contributed by atoms with Gasteiger partial charge in [-0.3, -0.25) is 4.79 Å². The molecule has 1 fully saturated rings. The van der Waals surface area contributed by atoms with E-state index in [4.69, 9.17) is 4.74 Å². The Balaban J connectivity index is 1.93. The Bertz CT molecular complexity index is 226. The van der Waals surface area contributed by atoms with Crippen LogP contribution in [-0.4, -0.2) is 38.3 Å². The monoisotopic (exact) mass is 256 g/mol. The molecule has 1 rings (SSSR count). The zero-order valence-electron chi connectivity index (χ0n) is 11.8. The largest absolute Gasteiger partial charge is 0.379 e. The second-order valence-electron chi connectivity index (χ2n) is 5.36. The van der Waals surface area contributed by atoms with E-state index in [1.807, 2.05) is 13.8 Å². The van der Waals surface area contributed by atoms with Crippen molar-refractivity contribution < 1.29 is 9.53 Å². The molecule has 0 spiro atoms. The number of nitrogens with one attached hydrogen (secondary N) is 2. The molecular weight excluding hydrogens is 228 g/mol. The van der Waals surface area contributed by atoms with Gasteiger partial charge in [0.1, 0.15) is 0 Å². The lowest BCUT2D eigenvalue weighted by Gasteiger charge is -2.22. The smallest absolute Gasteiger partial charge is 0.220 e. The van der Waals surface area contributed by atoms with Crippen molar-refractivity contribution in [2.75, 3.05) is 26.2 Å². The zero-order chi connectivity index (χ0) is 13.2. The molecule has 0 unspecified atom stereocenters. The standard InChI is InChI=1S/C14H28N2O2/c1-12(2)18-11-3-8-16-14(17)5-4-13-6-9-15-10-7-13/h12-13,15H,3-11H2,1-2H3,(H,16,17). The maximum Gasteiger partial charge on any atom is 0.220 e. The number of amides is 1. The lowest BCUT2D eigenvalue weighted by molar-refractivity contribution is -0.121. The van der Waals surface area contributed by atoms with Crippen LogP contribution in [0.1, 0.15) is 46.0 Å². The van der Waals surface area contributed by atoms with Crippen LogP contribution in [0.2, 0.25) is 0 Å². The number of ether oxygens (including phenoxy) is 1. The molecule has 1 aliphatic heterocycles. The number of rotatable bonds is 8. The Morgan fingerprint density at radius 2 is 2.11 bits per heavy atom. The fourth-order valence-corrected chi connectivity index (χ4v) is 2.21. The van der Waals surface area contributed by atoms with Crippen LogP contribution in [0, 0.1) is 5.92 Å². The number of carbonyl (C=O) groups is 1. The number of carbonyl (C=O) groups excluding carboxylic acids is 1. The predicted octanol–water partition coefficient (Wildman–Crippen LogP) is 1.70. The van der Waals surface area contributed by atoms with Crippen molar-refractivity contribution in [1.29, 1.82) is 0 Å². The van der Waals surface area contributed by atoms with Gasteiger partial charge < -0.3 is 15.4 Å². The third-order valence-corrected chi connectivity index (χ3v) is 3.33. The van der Waals surface area contributed by atoms with Gasteiger partial charge in [0.25, 0.3) is 0 Å². The van der Waals surface area contributed by atoms with E-state index in [0.29, 0.717) is 6.42 Å². The Morgan fingerprint density at radius 1 is 1.39 bits per heavy atom. The van der Waals surface area contributed by atoms with Gasteiger partial charge in [-0.05, 0) is 58.5 Å². The average Bonchev–Trinajstić information content (AvgIpc) is 2.37. The van der Waals surface area contributed by atoms with E-state index in [1.165, 1.54) is 12.8 Å². The first-order valence-electron chi connectivity index (χ1n) is 7.27. The van der Waals surface area contributed by atoms with E-state index in [2.05, 4.69) is 10.6 Å². The highest BCUT2D eigenvalue weighted by molar-refractivity contribution is 5.75. The van der Waals surface area contributed by atoms with Crippen LogP contribution in [-0.2, 0) is 9.53 Å². The highest BCUT2D eigenvalue weighted by Gasteiger charge is 2.14. The Hall–Kier alpha value is -0.610. The van der Waals surface area contributed by atoms with Crippen molar-refractivity contribution >= 4 is 5.91 Å². The topological polar surface area (TPSA) is 50.4 Å². The third kappa shape index (κ3) is 7.67. The number of hydrogen-bond donors (Lipinski definition) is 2. The van der Waals surface area contributed by atoms with Crippen LogP contribution in [0.15, 0.2) is 0 Å². The van der Waals surface area contributed by atoms with Gasteiger partial charge in [-0.15, -0.1) is 0 Å². The maximum atomic E-state index is 11.6. The minimum absolute atomic E-state index is 0.193. The van der Waals surface area contributed by atoms with Gasteiger partial charge in [0, 0.05) is 19.6 Å². The lowest BCUT2D eigenvalue weighted by atomic mass is 9.93. The van der Waals surface area contributed by atoms with Gasteiger partial charge >= 0.3 is 0 Å². The molecule has 18 heavy (non-hydrogen) atoms. The molecule has 0 aromatic heterocycles. The summed E-state index contributed by atoms with van der Waals surface area (Å²) in [4.78, 5) is 11.6. The molecule has 2 N–H and O–H groups in total. The second kappa shape index (κ2) is 9.34. The van der Waals surface area contributed by atoms with Gasteiger partial charge in [0.15, 0.2) is 0 Å². The van der Waals surface area contributed by atoms with Crippen LogP contribution >= 0.6 is 0 Å². The molecule has 0 saturated carbocycles. The van der Waals surface area contributed by atoms with Crippen LogP contribution in [0.3, 0.4) is 0 Å². The summed E-state index contributed by atoms with van der Waals surface area (Å²) in [5.74, 6) is 0.930. The summed E-state index contributed by atoms with van der Waals surface area (Å²) in [5.41, 5.74) is 0. The third-order valence-electron chi connectivity index (χ3n) is 3.33. The molecule has 1 aliphatic rings. The quantitative estimate of drug-likeness (QED) is 0.650. The minimum atomic E-state index is 0.193. The molecular formula is C14H28N2O2. The summed E-state index contributed by atoms with van der Waals surface area (Å²) in [6.07, 6.45) is 5.33. The number of piperidine rings is 1. The van der Waals surface area contributed by atoms with Crippen LogP contribution in [0.25, 0.3) is 0 Å². The molecule has 1 amide bonds. The van der Waals surface area contributed by atoms with Crippen molar-refractivity contribution in [1.82, 2.24) is 10.6 Å². The van der Waals surface area contributed by atoms with E-state index in [0.717, 1.165) is 45.0 Å². The summed E-state index contributed by atoms with van der Waals surface area (Å²) in [6, 6.07) is 0. The molecule has 0 aromatic carbocycles. The van der Waals surface area contributed by atoms with Crippen molar-refractivity contribution in [3.63, 3.8) is 0 Å². The first kappa shape index (κ1) is 15.4. The number of hydrogen-bond acceptors (Lipinski definition) is 3. The van der Waals surface area contributed by atoms with Crippen LogP contribution in [0.5, 0.6) is 0 Å². The Labute approximate surface area is 111 Å². The van der Waals surface area contributed by atoms with Crippen molar-refractivity contribution in [2.24, 2.45) is 5.92 Å². The van der Waals surface area contributed by atoms with Gasteiger partial charge in [-0.1, -0.05) is 0 Å². The fourth-order valence-electron chi connectivity index (χ4n) is 2.21. The van der Waals surface area contributed by atoms with Crippen LogP contribution < -0.4 is 10.6 Å². The fraction of sp³-hybridized carbons (Fsp3) is 0.929. The van der Waals surface area contributed by atoms with Gasteiger partial charge in [-0.25, -0.2) is 0 Å². The van der Waals surface area contributed by atoms with E-state index in [9.17, 15) is 4.79 Å². The minimum Gasteiger partial charge on any atom is -0.379 e. The molecule has 0 radical (unpaired) electrons. The van der Waals surface area contributed by atoms with E-state index in [1.54, 1.807) is 0 Å². The molecule has 1 saturated heterocycles. The highest BCUT2D eigenvalue weighted by Crippen LogP contribution is 2.17. The van der Waals surface area contributed by atoms with E-state index >= 15 is 0 Å². The van der Waals surface area contributed by atoms with Crippen molar-refractivity contribution in [3.8, 4) is 0 Å². The lowest BCUT2D eigenvalue weighted by Crippen LogP contribution is -2.30. The summed E-state index contributed by atoms with van der Waals surface area (Å²) in [7, 11) is 0. The molecule has 4 heteroatoms. The average molecular weight is 256 g/mol. The first-order chi connectivity index (χ1) is 8.68. The second-order valence-corrected chi connectivity index (χ2v) is 5.36. The zero-order valence-corrected chi connectivity index (χ0v) is 11.8. The summed E-state index contributed by atoms with van der Waals surface area (Å²) in [5, 5.41) is 6.31. The molecule has 0 bridgehead atoms. The van der Waals surface area contributed by atoms with Gasteiger partial charge in [0.2, 0.25) is 5.91 Å². The normalized spacial score (nSPS) is 17.1. The molecule has 1 heterocycles. The van der Waals surface area contributed by atoms with Crippen molar-refractivity contribution in [2.45, 2.75) is 52.1 Å². The highest BCUT2D eigenvalue weighted by atomic mass is 16.5. The molecule has 106 valence electrons. The molecule has 0 aromatic rings.